The molecule has 0 saturated heterocycles. The van der Waals surface area contributed by atoms with Crippen LogP contribution in [0.15, 0.2) is 24.3 Å². The Hall–Kier alpha value is -1.24. The molecule has 0 saturated carbocycles. The summed E-state index contributed by atoms with van der Waals surface area (Å²) in [6.07, 6.45) is -4.44. The topological polar surface area (TPSA) is 43.4 Å². The number of para-hydroxylation sites is 1. The Labute approximate surface area is 110 Å². The van der Waals surface area contributed by atoms with E-state index in [1.54, 1.807) is 6.92 Å². The van der Waals surface area contributed by atoms with Crippen LogP contribution < -0.4 is 4.18 Å². The van der Waals surface area contributed by atoms with E-state index in [9.17, 15) is 21.6 Å². The van der Waals surface area contributed by atoms with E-state index in [0.717, 1.165) is 12.1 Å². The third-order valence-electron chi connectivity index (χ3n) is 2.92. The van der Waals surface area contributed by atoms with Gasteiger partial charge in [0.2, 0.25) is 0 Å². The van der Waals surface area contributed by atoms with E-state index in [1.165, 1.54) is 26.0 Å². The number of hydrogen-bond donors (Lipinski definition) is 0. The van der Waals surface area contributed by atoms with Crippen LogP contribution in [0.1, 0.15) is 32.8 Å². The molecular formula is C12H15F3O3S. The predicted octanol–water partition coefficient (Wildman–Crippen LogP) is 3.60. The van der Waals surface area contributed by atoms with Crippen LogP contribution in [0.4, 0.5) is 13.2 Å². The van der Waals surface area contributed by atoms with Crippen molar-refractivity contribution in [3.05, 3.63) is 29.8 Å². The van der Waals surface area contributed by atoms with Gasteiger partial charge in [-0.2, -0.15) is 21.6 Å². The van der Waals surface area contributed by atoms with E-state index in [0.29, 0.717) is 0 Å². The maximum atomic E-state index is 12.7. The molecular weight excluding hydrogens is 281 g/mol. The largest absolute Gasteiger partial charge is 0.420 e. The molecule has 0 aliphatic heterocycles. The van der Waals surface area contributed by atoms with Gasteiger partial charge in [-0.15, -0.1) is 0 Å². The molecule has 0 aliphatic carbocycles. The first kappa shape index (κ1) is 15.8. The molecule has 0 aromatic heterocycles. The van der Waals surface area contributed by atoms with Crippen LogP contribution in [0.5, 0.6) is 5.75 Å². The number of benzene rings is 1. The summed E-state index contributed by atoms with van der Waals surface area (Å²) in [5.41, 5.74) is -1.11. The smallest absolute Gasteiger partial charge is 0.381 e. The van der Waals surface area contributed by atoms with Crippen molar-refractivity contribution < 1.29 is 25.8 Å². The summed E-state index contributed by atoms with van der Waals surface area (Å²) in [6, 6.07) is 4.24. The summed E-state index contributed by atoms with van der Waals surface area (Å²) in [5.74, 6) is -0.698. The maximum Gasteiger partial charge on any atom is 0.420 e. The minimum absolute atomic E-state index is 0.226. The lowest BCUT2D eigenvalue weighted by Crippen LogP contribution is -2.35. The average Bonchev–Trinajstić information content (AvgIpc) is 2.27. The summed E-state index contributed by atoms with van der Waals surface area (Å²) in [6.45, 7) is 4.42. The van der Waals surface area contributed by atoms with Crippen molar-refractivity contribution in [2.75, 3.05) is 0 Å². The molecule has 0 amide bonds. The number of rotatable bonds is 4. The summed E-state index contributed by atoms with van der Waals surface area (Å²) < 4.78 is 65.5. The Morgan fingerprint density at radius 1 is 1.16 bits per heavy atom. The maximum absolute atomic E-state index is 12.7. The van der Waals surface area contributed by atoms with Gasteiger partial charge in [0.15, 0.2) is 5.75 Å². The zero-order chi connectivity index (χ0) is 14.9. The number of hydrogen-bond acceptors (Lipinski definition) is 3. The van der Waals surface area contributed by atoms with Crippen molar-refractivity contribution in [3.8, 4) is 5.75 Å². The Bertz CT molecular complexity index is 548. The Morgan fingerprint density at radius 2 is 1.68 bits per heavy atom. The van der Waals surface area contributed by atoms with Crippen molar-refractivity contribution in [2.45, 2.75) is 38.1 Å². The molecule has 7 heteroatoms. The zero-order valence-electron chi connectivity index (χ0n) is 10.8. The van der Waals surface area contributed by atoms with Gasteiger partial charge >= 0.3 is 16.3 Å². The van der Waals surface area contributed by atoms with Gasteiger partial charge in [-0.25, -0.2) is 0 Å². The normalized spacial score (nSPS) is 13.4. The summed E-state index contributed by atoms with van der Waals surface area (Å²) >= 11 is 0. The third-order valence-corrected chi connectivity index (χ3v) is 4.96. The zero-order valence-corrected chi connectivity index (χ0v) is 11.6. The van der Waals surface area contributed by atoms with Gasteiger partial charge in [0.25, 0.3) is 0 Å². The lowest BCUT2D eigenvalue weighted by atomic mass is 10.1. The monoisotopic (exact) mass is 296 g/mol. The fourth-order valence-electron chi connectivity index (χ4n) is 1.18. The highest BCUT2D eigenvalue weighted by Gasteiger charge is 2.39. The summed E-state index contributed by atoms with van der Waals surface area (Å²) in [5, 5.41) is 0. The first-order valence-corrected chi connectivity index (χ1v) is 7.02. The molecule has 19 heavy (non-hydrogen) atoms. The third kappa shape index (κ3) is 3.40. The molecule has 1 rings (SSSR count). The molecule has 0 fully saturated rings. The number of alkyl halides is 3. The molecule has 0 bridgehead atoms. The summed E-state index contributed by atoms with van der Waals surface area (Å²) in [7, 11) is -4.15. The highest BCUT2D eigenvalue weighted by Crippen LogP contribution is 2.37. The van der Waals surface area contributed by atoms with Gasteiger partial charge in [-0.3, -0.25) is 0 Å². The Kier molecular flexibility index (Phi) is 4.19. The molecule has 3 nitrogen and oxygen atoms in total. The van der Waals surface area contributed by atoms with E-state index >= 15 is 0 Å². The molecule has 0 aliphatic rings. The first-order valence-electron chi connectivity index (χ1n) is 5.61. The van der Waals surface area contributed by atoms with E-state index in [2.05, 4.69) is 4.18 Å². The highest BCUT2D eigenvalue weighted by molar-refractivity contribution is 7.88. The van der Waals surface area contributed by atoms with E-state index in [4.69, 9.17) is 0 Å². The van der Waals surface area contributed by atoms with Crippen molar-refractivity contribution in [3.63, 3.8) is 0 Å². The van der Waals surface area contributed by atoms with E-state index in [-0.39, 0.29) is 6.42 Å². The van der Waals surface area contributed by atoms with Crippen LogP contribution in [0.3, 0.4) is 0 Å². The van der Waals surface area contributed by atoms with E-state index in [1.807, 2.05) is 0 Å². The van der Waals surface area contributed by atoms with Gasteiger partial charge in [0, 0.05) is 0 Å². The second-order valence-electron chi connectivity index (χ2n) is 4.64. The van der Waals surface area contributed by atoms with Crippen LogP contribution in [0, 0.1) is 0 Å². The van der Waals surface area contributed by atoms with Gasteiger partial charge in [0.05, 0.1) is 5.56 Å². The quantitative estimate of drug-likeness (QED) is 0.797. The summed E-state index contributed by atoms with van der Waals surface area (Å²) in [4.78, 5) is 0. The molecule has 0 radical (unpaired) electrons. The molecule has 108 valence electrons. The van der Waals surface area contributed by atoms with Crippen LogP contribution in [0.2, 0.25) is 0 Å². The van der Waals surface area contributed by atoms with Crippen LogP contribution >= 0.6 is 0 Å². The lowest BCUT2D eigenvalue weighted by Gasteiger charge is -2.23. The Balaban J connectivity index is 3.22. The SMILES string of the molecule is CCC(C)(C)S(=O)(=O)Oc1ccccc1C(F)(F)F. The Morgan fingerprint density at radius 3 is 2.16 bits per heavy atom. The molecule has 1 aromatic rings. The molecule has 0 heterocycles. The molecule has 0 atom stereocenters. The number of halogens is 3. The predicted molar refractivity (Wildman–Crippen MR) is 65.4 cm³/mol. The first-order chi connectivity index (χ1) is 8.51. The van der Waals surface area contributed by atoms with E-state index < -0.39 is 32.4 Å². The van der Waals surface area contributed by atoms with Crippen molar-refractivity contribution >= 4 is 10.1 Å². The molecule has 0 N–H and O–H groups in total. The van der Waals surface area contributed by atoms with Crippen LogP contribution in [-0.2, 0) is 16.3 Å². The van der Waals surface area contributed by atoms with Crippen LogP contribution in [-0.4, -0.2) is 13.2 Å². The van der Waals surface area contributed by atoms with Crippen molar-refractivity contribution in [1.82, 2.24) is 0 Å². The highest BCUT2D eigenvalue weighted by atomic mass is 32.2. The second kappa shape index (κ2) is 5.03. The minimum Gasteiger partial charge on any atom is -0.381 e. The van der Waals surface area contributed by atoms with Crippen molar-refractivity contribution in [2.24, 2.45) is 0 Å². The molecule has 0 spiro atoms. The van der Waals surface area contributed by atoms with Gasteiger partial charge in [0.1, 0.15) is 4.75 Å². The molecule has 0 unspecified atom stereocenters. The fraction of sp³-hybridized carbons (Fsp3) is 0.500. The molecule has 1 aromatic carbocycles. The lowest BCUT2D eigenvalue weighted by molar-refractivity contribution is -0.138. The van der Waals surface area contributed by atoms with Gasteiger partial charge in [-0.1, -0.05) is 19.1 Å². The minimum atomic E-state index is -4.66. The second-order valence-corrected chi connectivity index (χ2v) is 6.82. The van der Waals surface area contributed by atoms with Gasteiger partial charge < -0.3 is 4.18 Å². The van der Waals surface area contributed by atoms with Crippen molar-refractivity contribution in [1.29, 1.82) is 0 Å². The van der Waals surface area contributed by atoms with Gasteiger partial charge in [-0.05, 0) is 32.4 Å². The average molecular weight is 296 g/mol. The standard InChI is InChI=1S/C12H15F3O3S/c1-4-11(2,3)19(16,17)18-10-8-6-5-7-9(10)12(13,14)15/h5-8H,4H2,1-3H3. The fourth-order valence-corrected chi connectivity index (χ4v) is 2.14. The van der Waals surface area contributed by atoms with Crippen LogP contribution in [0.25, 0.3) is 0 Å².